The van der Waals surface area contributed by atoms with Crippen LogP contribution in [0.2, 0.25) is 0 Å². The first kappa shape index (κ1) is 16.9. The molecule has 0 saturated carbocycles. The number of nitro benzene ring substituents is 1. The molecule has 0 aliphatic rings. The fraction of sp³-hybridized carbons (Fsp3) is 0.500. The van der Waals surface area contributed by atoms with Crippen LogP contribution in [0.5, 0.6) is 0 Å². The second-order valence-corrected chi connectivity index (χ2v) is 4.89. The van der Waals surface area contributed by atoms with Crippen LogP contribution in [0.15, 0.2) is 18.2 Å². The zero-order valence-electron chi connectivity index (χ0n) is 12.8. The average molecular weight is 295 g/mol. The van der Waals surface area contributed by atoms with E-state index in [9.17, 15) is 14.9 Å². The van der Waals surface area contributed by atoms with Crippen molar-refractivity contribution in [1.29, 1.82) is 0 Å². The normalized spacial score (nSPS) is 11.8. The highest BCUT2D eigenvalue weighted by molar-refractivity contribution is 5.95. The van der Waals surface area contributed by atoms with E-state index in [1.165, 1.54) is 11.0 Å². The number of hydrogen-bond acceptors (Lipinski definition) is 5. The van der Waals surface area contributed by atoms with Crippen molar-refractivity contribution < 1.29 is 14.5 Å². The lowest BCUT2D eigenvalue weighted by Crippen LogP contribution is -2.25. The van der Waals surface area contributed by atoms with Crippen LogP contribution in [-0.4, -0.2) is 49.6 Å². The number of ether oxygens (including phenoxy) is 1. The van der Waals surface area contributed by atoms with E-state index in [1.54, 1.807) is 33.3 Å². The minimum absolute atomic E-state index is 0.0240. The van der Waals surface area contributed by atoms with Gasteiger partial charge in [0, 0.05) is 38.9 Å². The quantitative estimate of drug-likeness (QED) is 0.615. The Morgan fingerprint density at radius 1 is 1.48 bits per heavy atom. The Balaban J connectivity index is 3.10. The molecule has 0 heterocycles. The molecule has 0 bridgehead atoms. The summed E-state index contributed by atoms with van der Waals surface area (Å²) in [6, 6.07) is 4.42. The molecule has 1 aromatic carbocycles. The number of nitrogens with one attached hydrogen (secondary N) is 1. The highest BCUT2D eigenvalue weighted by Crippen LogP contribution is 2.27. The highest BCUT2D eigenvalue weighted by atomic mass is 16.6. The minimum atomic E-state index is -0.492. The molecule has 1 rings (SSSR count). The van der Waals surface area contributed by atoms with Gasteiger partial charge in [0.25, 0.3) is 11.6 Å². The summed E-state index contributed by atoms with van der Waals surface area (Å²) in [5, 5.41) is 14.3. The van der Waals surface area contributed by atoms with E-state index in [-0.39, 0.29) is 23.2 Å². The third-order valence-electron chi connectivity index (χ3n) is 3.07. The molecule has 1 unspecified atom stereocenters. The molecule has 0 fully saturated rings. The summed E-state index contributed by atoms with van der Waals surface area (Å²) < 4.78 is 5.07. The van der Waals surface area contributed by atoms with Crippen molar-refractivity contribution in [1.82, 2.24) is 4.90 Å². The fourth-order valence-corrected chi connectivity index (χ4v) is 1.88. The Morgan fingerprint density at radius 2 is 2.14 bits per heavy atom. The van der Waals surface area contributed by atoms with Gasteiger partial charge < -0.3 is 15.0 Å². The summed E-state index contributed by atoms with van der Waals surface area (Å²) in [6.07, 6.45) is 0.767. The number of methoxy groups -OCH3 is 1. The molecule has 1 atom stereocenters. The first-order valence-corrected chi connectivity index (χ1v) is 6.66. The average Bonchev–Trinajstić information content (AvgIpc) is 2.45. The molecule has 0 saturated heterocycles. The number of nitro groups is 1. The van der Waals surface area contributed by atoms with Gasteiger partial charge in [0.15, 0.2) is 0 Å². The summed E-state index contributed by atoms with van der Waals surface area (Å²) in [6.45, 7) is 2.42. The first-order chi connectivity index (χ1) is 9.90. The number of nitrogens with zero attached hydrogens (tertiary/aromatic N) is 2. The zero-order chi connectivity index (χ0) is 16.0. The number of carbonyl (C=O) groups excluding carboxylic acids is 1. The summed E-state index contributed by atoms with van der Waals surface area (Å²) in [5.41, 5.74) is 0.563. The van der Waals surface area contributed by atoms with Crippen molar-refractivity contribution >= 4 is 17.3 Å². The molecular formula is C14H21N3O4. The van der Waals surface area contributed by atoms with Crippen molar-refractivity contribution in [3.05, 3.63) is 33.9 Å². The number of benzene rings is 1. The van der Waals surface area contributed by atoms with Gasteiger partial charge in [-0.2, -0.15) is 0 Å². The van der Waals surface area contributed by atoms with Crippen molar-refractivity contribution in [2.75, 3.05) is 33.1 Å². The molecule has 1 amide bonds. The lowest BCUT2D eigenvalue weighted by atomic mass is 10.1. The molecule has 0 spiro atoms. The van der Waals surface area contributed by atoms with Crippen LogP contribution in [0.1, 0.15) is 23.7 Å². The van der Waals surface area contributed by atoms with E-state index in [2.05, 4.69) is 5.32 Å². The van der Waals surface area contributed by atoms with Gasteiger partial charge in [0.2, 0.25) is 0 Å². The Bertz CT molecular complexity index is 517. The maximum atomic E-state index is 11.9. The number of rotatable bonds is 7. The second kappa shape index (κ2) is 7.58. The van der Waals surface area contributed by atoms with Crippen LogP contribution in [0.3, 0.4) is 0 Å². The van der Waals surface area contributed by atoms with E-state index in [4.69, 9.17) is 4.74 Å². The van der Waals surface area contributed by atoms with Crippen LogP contribution < -0.4 is 5.32 Å². The van der Waals surface area contributed by atoms with Gasteiger partial charge in [-0.3, -0.25) is 14.9 Å². The molecule has 0 aromatic heterocycles. The monoisotopic (exact) mass is 295 g/mol. The number of carbonyl (C=O) groups is 1. The Labute approximate surface area is 124 Å². The predicted molar refractivity (Wildman–Crippen MR) is 80.7 cm³/mol. The van der Waals surface area contributed by atoms with Crippen molar-refractivity contribution in [2.24, 2.45) is 0 Å². The number of amides is 1. The molecule has 0 aliphatic carbocycles. The first-order valence-electron chi connectivity index (χ1n) is 6.66. The maximum absolute atomic E-state index is 11.9. The number of hydrogen-bond donors (Lipinski definition) is 1. The summed E-state index contributed by atoms with van der Waals surface area (Å²) >= 11 is 0. The van der Waals surface area contributed by atoms with Gasteiger partial charge >= 0.3 is 0 Å². The molecule has 1 aromatic rings. The van der Waals surface area contributed by atoms with E-state index in [0.717, 1.165) is 6.42 Å². The van der Waals surface area contributed by atoms with Crippen molar-refractivity contribution in [3.63, 3.8) is 0 Å². The van der Waals surface area contributed by atoms with Crippen LogP contribution in [0.25, 0.3) is 0 Å². The summed E-state index contributed by atoms with van der Waals surface area (Å²) in [4.78, 5) is 24.0. The van der Waals surface area contributed by atoms with Gasteiger partial charge in [-0.1, -0.05) is 6.92 Å². The van der Waals surface area contributed by atoms with E-state index >= 15 is 0 Å². The highest BCUT2D eigenvalue weighted by Gasteiger charge is 2.20. The van der Waals surface area contributed by atoms with Gasteiger partial charge in [0.05, 0.1) is 11.5 Å². The Morgan fingerprint density at radius 3 is 2.62 bits per heavy atom. The van der Waals surface area contributed by atoms with Crippen LogP contribution in [0, 0.1) is 10.1 Å². The lowest BCUT2D eigenvalue weighted by molar-refractivity contribution is -0.384. The van der Waals surface area contributed by atoms with E-state index < -0.39 is 4.92 Å². The van der Waals surface area contributed by atoms with Gasteiger partial charge in [-0.05, 0) is 18.6 Å². The number of anilines is 1. The Hall–Kier alpha value is -2.15. The van der Waals surface area contributed by atoms with Gasteiger partial charge in [0.1, 0.15) is 5.69 Å². The SMILES string of the molecule is CCC(COC)Nc1ccc(C(=O)N(C)C)cc1[N+](=O)[O-]. The Kier molecular flexibility index (Phi) is 6.10. The van der Waals surface area contributed by atoms with Crippen LogP contribution in [-0.2, 0) is 4.74 Å². The smallest absolute Gasteiger partial charge is 0.293 e. The topological polar surface area (TPSA) is 84.7 Å². The van der Waals surface area contributed by atoms with Crippen LogP contribution >= 0.6 is 0 Å². The molecule has 1 N–H and O–H groups in total. The summed E-state index contributed by atoms with van der Waals surface area (Å²) in [5.74, 6) is -0.270. The second-order valence-electron chi connectivity index (χ2n) is 4.89. The molecular weight excluding hydrogens is 274 g/mol. The molecule has 0 radical (unpaired) electrons. The maximum Gasteiger partial charge on any atom is 0.293 e. The van der Waals surface area contributed by atoms with E-state index in [1.807, 2.05) is 6.92 Å². The third kappa shape index (κ3) is 4.42. The standard InChI is InChI=1S/C14H21N3O4/c1-5-11(9-21-4)15-12-7-6-10(14(18)16(2)3)8-13(12)17(19)20/h6-8,11,15H,5,9H2,1-4H3. The van der Waals surface area contributed by atoms with E-state index in [0.29, 0.717) is 12.3 Å². The minimum Gasteiger partial charge on any atom is -0.383 e. The predicted octanol–water partition coefficient (Wildman–Crippen LogP) is 2.13. The molecule has 21 heavy (non-hydrogen) atoms. The van der Waals surface area contributed by atoms with Gasteiger partial charge in [-0.15, -0.1) is 0 Å². The van der Waals surface area contributed by atoms with Crippen molar-refractivity contribution in [3.8, 4) is 0 Å². The largest absolute Gasteiger partial charge is 0.383 e. The molecule has 0 aliphatic heterocycles. The molecule has 7 heteroatoms. The van der Waals surface area contributed by atoms with Crippen LogP contribution in [0.4, 0.5) is 11.4 Å². The third-order valence-corrected chi connectivity index (χ3v) is 3.07. The zero-order valence-corrected chi connectivity index (χ0v) is 12.8. The molecule has 116 valence electrons. The van der Waals surface area contributed by atoms with Gasteiger partial charge in [-0.25, -0.2) is 0 Å². The molecule has 7 nitrogen and oxygen atoms in total. The van der Waals surface area contributed by atoms with Crippen molar-refractivity contribution in [2.45, 2.75) is 19.4 Å². The fourth-order valence-electron chi connectivity index (χ4n) is 1.88. The summed E-state index contributed by atoms with van der Waals surface area (Å²) in [7, 11) is 4.79. The lowest BCUT2D eigenvalue weighted by Gasteiger charge is -2.18.